The van der Waals surface area contributed by atoms with E-state index in [1.807, 2.05) is 13.0 Å². The van der Waals surface area contributed by atoms with Gasteiger partial charge in [-0.2, -0.15) is 0 Å². The van der Waals surface area contributed by atoms with Crippen LogP contribution in [0.4, 0.5) is 0 Å². The highest BCUT2D eigenvalue weighted by atomic mass is 32.1. The van der Waals surface area contributed by atoms with Crippen molar-refractivity contribution in [2.75, 3.05) is 0 Å². The van der Waals surface area contributed by atoms with Crippen LogP contribution in [0.25, 0.3) is 0 Å². The van der Waals surface area contributed by atoms with Crippen molar-refractivity contribution in [2.24, 2.45) is 0 Å². The van der Waals surface area contributed by atoms with E-state index in [4.69, 9.17) is 0 Å². The van der Waals surface area contributed by atoms with Crippen LogP contribution in [0, 0.1) is 0 Å². The van der Waals surface area contributed by atoms with Gasteiger partial charge in [0.2, 0.25) is 0 Å². The van der Waals surface area contributed by atoms with Crippen LogP contribution in [0.2, 0.25) is 0 Å². The molecule has 2 aromatic rings. The van der Waals surface area contributed by atoms with Crippen LogP contribution in [0.3, 0.4) is 0 Å². The zero-order chi connectivity index (χ0) is 13.8. The van der Waals surface area contributed by atoms with E-state index in [0.29, 0.717) is 5.56 Å². The molecule has 3 N–H and O–H groups in total. The lowest BCUT2D eigenvalue weighted by Crippen LogP contribution is -2.23. The first-order valence-electron chi connectivity index (χ1n) is 6.43. The Hall–Kier alpha value is -1.52. The van der Waals surface area contributed by atoms with Crippen LogP contribution in [0.5, 0.6) is 11.5 Å². The van der Waals surface area contributed by atoms with E-state index in [1.165, 1.54) is 4.88 Å². The van der Waals surface area contributed by atoms with E-state index in [0.717, 1.165) is 6.42 Å². The fraction of sp³-hybridized carbons (Fsp3) is 0.333. The maximum absolute atomic E-state index is 9.88. The molecule has 0 radical (unpaired) electrons. The van der Waals surface area contributed by atoms with Gasteiger partial charge < -0.3 is 15.5 Å². The highest BCUT2D eigenvalue weighted by Gasteiger charge is 2.19. The Bertz CT molecular complexity index is 505. The summed E-state index contributed by atoms with van der Waals surface area (Å²) in [6, 6.07) is 9.08. The number of hydrogen-bond acceptors (Lipinski definition) is 4. The quantitative estimate of drug-likeness (QED) is 0.775. The van der Waals surface area contributed by atoms with Gasteiger partial charge in [-0.05, 0) is 36.9 Å². The lowest BCUT2D eigenvalue weighted by atomic mass is 10.0. The maximum atomic E-state index is 9.88. The lowest BCUT2D eigenvalue weighted by Gasteiger charge is -2.23. The minimum atomic E-state index is -0.117. The van der Waals surface area contributed by atoms with E-state index in [2.05, 4.69) is 23.7 Å². The van der Waals surface area contributed by atoms with Crippen molar-refractivity contribution in [3.8, 4) is 11.5 Å². The highest BCUT2D eigenvalue weighted by molar-refractivity contribution is 7.10. The maximum Gasteiger partial charge on any atom is 0.124 e. The number of aromatic hydroxyl groups is 2. The standard InChI is InChI=1S/C15H19NO2S/c1-3-11(14-8-5-9-19-14)16-10(2)15-12(17)6-4-7-13(15)18/h4-11,16-18H,3H2,1-2H3. The molecule has 19 heavy (non-hydrogen) atoms. The van der Waals surface area contributed by atoms with Crippen molar-refractivity contribution in [3.05, 3.63) is 46.2 Å². The van der Waals surface area contributed by atoms with Crippen LogP contribution in [-0.2, 0) is 0 Å². The van der Waals surface area contributed by atoms with Crippen LogP contribution >= 0.6 is 11.3 Å². The third kappa shape index (κ3) is 3.08. The number of benzene rings is 1. The van der Waals surface area contributed by atoms with Gasteiger partial charge in [0.25, 0.3) is 0 Å². The molecule has 3 nitrogen and oxygen atoms in total. The zero-order valence-electron chi connectivity index (χ0n) is 11.1. The molecule has 0 aliphatic heterocycles. The number of rotatable bonds is 5. The molecule has 0 aliphatic rings. The van der Waals surface area contributed by atoms with Gasteiger partial charge in [-0.3, -0.25) is 0 Å². The molecule has 0 aliphatic carbocycles. The fourth-order valence-corrected chi connectivity index (χ4v) is 3.13. The van der Waals surface area contributed by atoms with Crippen molar-refractivity contribution in [1.82, 2.24) is 5.32 Å². The normalized spacial score (nSPS) is 14.2. The highest BCUT2D eigenvalue weighted by Crippen LogP contribution is 2.34. The van der Waals surface area contributed by atoms with Gasteiger partial charge in [0.1, 0.15) is 11.5 Å². The average Bonchev–Trinajstić information content (AvgIpc) is 2.89. The molecule has 0 fully saturated rings. The van der Waals surface area contributed by atoms with Gasteiger partial charge in [0.05, 0.1) is 5.56 Å². The van der Waals surface area contributed by atoms with Gasteiger partial charge in [-0.1, -0.05) is 19.1 Å². The fourth-order valence-electron chi connectivity index (χ4n) is 2.26. The van der Waals surface area contributed by atoms with Gasteiger partial charge in [0.15, 0.2) is 0 Å². The van der Waals surface area contributed by atoms with Crippen LogP contribution in [0.1, 0.15) is 42.8 Å². The molecule has 2 rings (SSSR count). The Balaban J connectivity index is 2.18. The molecule has 0 amide bonds. The summed E-state index contributed by atoms with van der Waals surface area (Å²) in [7, 11) is 0. The van der Waals surface area contributed by atoms with Crippen molar-refractivity contribution < 1.29 is 10.2 Å². The van der Waals surface area contributed by atoms with E-state index >= 15 is 0 Å². The third-order valence-corrected chi connectivity index (χ3v) is 4.23. The van der Waals surface area contributed by atoms with Crippen molar-refractivity contribution in [3.63, 3.8) is 0 Å². The van der Waals surface area contributed by atoms with Crippen LogP contribution < -0.4 is 5.32 Å². The van der Waals surface area contributed by atoms with Gasteiger partial charge in [-0.15, -0.1) is 11.3 Å². The van der Waals surface area contributed by atoms with E-state index in [-0.39, 0.29) is 23.6 Å². The summed E-state index contributed by atoms with van der Waals surface area (Å²) in [5, 5.41) is 25.3. The minimum Gasteiger partial charge on any atom is -0.507 e. The average molecular weight is 277 g/mol. The summed E-state index contributed by atoms with van der Waals surface area (Å²) >= 11 is 1.71. The first-order chi connectivity index (χ1) is 9.13. The van der Waals surface area contributed by atoms with Crippen molar-refractivity contribution >= 4 is 11.3 Å². The molecule has 1 aromatic heterocycles. The smallest absolute Gasteiger partial charge is 0.124 e. The Morgan fingerprint density at radius 1 is 1.16 bits per heavy atom. The summed E-state index contributed by atoms with van der Waals surface area (Å²) in [5.74, 6) is 0.252. The van der Waals surface area contributed by atoms with E-state index in [9.17, 15) is 10.2 Å². The molecular weight excluding hydrogens is 258 g/mol. The van der Waals surface area contributed by atoms with Crippen molar-refractivity contribution in [1.29, 1.82) is 0 Å². The SMILES string of the molecule is CCC(NC(C)c1c(O)cccc1O)c1cccs1. The molecule has 0 spiro atoms. The number of nitrogens with one attached hydrogen (secondary N) is 1. The largest absolute Gasteiger partial charge is 0.507 e. The van der Waals surface area contributed by atoms with Crippen molar-refractivity contribution in [2.45, 2.75) is 32.4 Å². The molecule has 2 unspecified atom stereocenters. The number of thiophene rings is 1. The Labute approximate surface area is 117 Å². The topological polar surface area (TPSA) is 52.5 Å². The van der Waals surface area contributed by atoms with Gasteiger partial charge in [-0.25, -0.2) is 0 Å². The summed E-state index contributed by atoms with van der Waals surface area (Å²) < 4.78 is 0. The predicted molar refractivity (Wildman–Crippen MR) is 78.7 cm³/mol. The van der Waals surface area contributed by atoms with Gasteiger partial charge in [0, 0.05) is 17.0 Å². The van der Waals surface area contributed by atoms with E-state index < -0.39 is 0 Å². The second-order valence-corrected chi connectivity index (χ2v) is 5.55. The lowest BCUT2D eigenvalue weighted by molar-refractivity contribution is 0.399. The molecule has 102 valence electrons. The first kappa shape index (κ1) is 13.9. The van der Waals surface area contributed by atoms with Crippen LogP contribution in [0.15, 0.2) is 35.7 Å². The first-order valence-corrected chi connectivity index (χ1v) is 7.31. The zero-order valence-corrected chi connectivity index (χ0v) is 11.9. The number of phenolic OH excluding ortho intramolecular Hbond substituents is 2. The number of phenols is 2. The Kier molecular flexibility index (Phi) is 4.45. The summed E-state index contributed by atoms with van der Waals surface area (Å²) in [4.78, 5) is 1.27. The Morgan fingerprint density at radius 3 is 2.37 bits per heavy atom. The molecule has 2 atom stereocenters. The number of hydrogen-bond donors (Lipinski definition) is 3. The summed E-state index contributed by atoms with van der Waals surface area (Å²) in [6.07, 6.45) is 0.958. The predicted octanol–water partition coefficient (Wildman–Crippen LogP) is 3.96. The molecule has 1 heterocycles. The van der Waals surface area contributed by atoms with E-state index in [1.54, 1.807) is 29.5 Å². The summed E-state index contributed by atoms with van der Waals surface area (Å²) in [5.41, 5.74) is 0.553. The molecule has 0 bridgehead atoms. The van der Waals surface area contributed by atoms with Crippen LogP contribution in [-0.4, -0.2) is 10.2 Å². The monoisotopic (exact) mass is 277 g/mol. The summed E-state index contributed by atoms with van der Waals surface area (Å²) in [6.45, 7) is 4.07. The molecule has 0 saturated carbocycles. The molecule has 0 saturated heterocycles. The second-order valence-electron chi connectivity index (χ2n) is 4.57. The molecular formula is C15H19NO2S. The minimum absolute atomic E-state index is 0.117. The second kappa shape index (κ2) is 6.08. The third-order valence-electron chi connectivity index (χ3n) is 3.24. The van der Waals surface area contributed by atoms with Gasteiger partial charge >= 0.3 is 0 Å². The Morgan fingerprint density at radius 2 is 1.84 bits per heavy atom. The molecule has 1 aromatic carbocycles. The molecule has 4 heteroatoms.